The summed E-state index contributed by atoms with van der Waals surface area (Å²) in [4.78, 5) is 0.269. The molecule has 35 heavy (non-hydrogen) atoms. The molecule has 3 aromatic rings. The second kappa shape index (κ2) is 10.4. The summed E-state index contributed by atoms with van der Waals surface area (Å²) in [6, 6.07) is 29.0. The lowest BCUT2D eigenvalue weighted by molar-refractivity contribution is -0.169. The highest BCUT2D eigenvalue weighted by Gasteiger charge is 2.51. The Morgan fingerprint density at radius 1 is 0.857 bits per heavy atom. The molecular weight excluding hydrogens is 476 g/mol. The van der Waals surface area contributed by atoms with E-state index in [-0.39, 0.29) is 29.4 Å². The molecule has 0 saturated carbocycles. The highest BCUT2D eigenvalue weighted by atomic mass is 32.2. The van der Waals surface area contributed by atoms with Crippen molar-refractivity contribution in [2.75, 3.05) is 6.61 Å². The molecule has 1 heterocycles. The fraction of sp³-hybridized carbons (Fsp3) is 0.357. The van der Waals surface area contributed by atoms with E-state index in [0.29, 0.717) is 0 Å². The molecule has 3 atom stereocenters. The number of aliphatic hydroxyl groups is 1. The van der Waals surface area contributed by atoms with Crippen molar-refractivity contribution in [2.45, 2.75) is 61.2 Å². The minimum atomic E-state index is -3.60. The summed E-state index contributed by atoms with van der Waals surface area (Å²) in [5.74, 6) is 0. The molecule has 0 amide bonds. The second-order valence-corrected chi connectivity index (χ2v) is 16.7. The molecule has 3 aromatic carbocycles. The minimum absolute atomic E-state index is 0.0486. The van der Waals surface area contributed by atoms with Crippen LogP contribution in [0.25, 0.3) is 0 Å². The van der Waals surface area contributed by atoms with E-state index in [1.807, 2.05) is 36.4 Å². The first-order chi connectivity index (χ1) is 16.6. The number of benzene rings is 3. The van der Waals surface area contributed by atoms with E-state index in [0.717, 1.165) is 10.4 Å². The second-order valence-electron chi connectivity index (χ2n) is 10.1. The van der Waals surface area contributed by atoms with Crippen LogP contribution in [0.15, 0.2) is 95.9 Å². The normalized spacial score (nSPS) is 21.5. The van der Waals surface area contributed by atoms with E-state index < -0.39 is 35.8 Å². The summed E-state index contributed by atoms with van der Waals surface area (Å²) < 4.78 is 39.3. The van der Waals surface area contributed by atoms with Crippen molar-refractivity contribution < 1.29 is 22.7 Å². The van der Waals surface area contributed by atoms with Gasteiger partial charge >= 0.3 is 0 Å². The third-order valence-electron chi connectivity index (χ3n) is 6.75. The highest BCUT2D eigenvalue weighted by molar-refractivity contribution is 7.92. The van der Waals surface area contributed by atoms with Gasteiger partial charge < -0.3 is 14.3 Å². The van der Waals surface area contributed by atoms with Gasteiger partial charge in [0, 0.05) is 6.42 Å². The van der Waals surface area contributed by atoms with Crippen molar-refractivity contribution in [1.82, 2.24) is 0 Å². The van der Waals surface area contributed by atoms with Gasteiger partial charge in [0.2, 0.25) is 0 Å². The van der Waals surface area contributed by atoms with E-state index >= 15 is 0 Å². The maximum Gasteiger partial charge on any atom is 0.261 e. The van der Waals surface area contributed by atoms with E-state index in [1.165, 1.54) is 0 Å². The lowest BCUT2D eigenvalue weighted by Crippen LogP contribution is -2.67. The molecule has 1 N–H and O–H groups in total. The molecule has 0 unspecified atom stereocenters. The van der Waals surface area contributed by atoms with E-state index in [2.05, 4.69) is 45.0 Å². The fourth-order valence-corrected chi connectivity index (χ4v) is 11.5. The highest BCUT2D eigenvalue weighted by Crippen LogP contribution is 2.37. The molecule has 5 nitrogen and oxygen atoms in total. The van der Waals surface area contributed by atoms with E-state index in [1.54, 1.807) is 30.3 Å². The van der Waals surface area contributed by atoms with Crippen molar-refractivity contribution in [3.63, 3.8) is 0 Å². The van der Waals surface area contributed by atoms with Crippen LogP contribution in [0.1, 0.15) is 33.6 Å². The predicted molar refractivity (Wildman–Crippen MR) is 141 cm³/mol. The van der Waals surface area contributed by atoms with Gasteiger partial charge in [-0.05, 0) is 34.0 Å². The number of hydrogen-bond acceptors (Lipinski definition) is 5. The van der Waals surface area contributed by atoms with Gasteiger partial charge in [-0.1, -0.05) is 99.6 Å². The maximum atomic E-state index is 13.3. The number of sulfone groups is 1. The summed E-state index contributed by atoms with van der Waals surface area (Å²) in [6.45, 7) is 6.78. The van der Waals surface area contributed by atoms with Crippen LogP contribution in [0.3, 0.4) is 0 Å². The molecule has 0 radical (unpaired) electrons. The van der Waals surface area contributed by atoms with Crippen LogP contribution >= 0.6 is 0 Å². The van der Waals surface area contributed by atoms with Gasteiger partial charge in [0.1, 0.15) is 0 Å². The van der Waals surface area contributed by atoms with Crippen molar-refractivity contribution in [3.8, 4) is 0 Å². The Hall–Kier alpha value is -2.29. The van der Waals surface area contributed by atoms with Gasteiger partial charge in [0.25, 0.3) is 8.32 Å². The molecular formula is C28H34O5SSi. The quantitative estimate of drug-likeness (QED) is 0.488. The topological polar surface area (TPSA) is 72.8 Å². The average molecular weight is 511 g/mol. The molecule has 1 aliphatic rings. The lowest BCUT2D eigenvalue weighted by atomic mass is 10.1. The Labute approximate surface area is 209 Å². The Morgan fingerprint density at radius 2 is 1.34 bits per heavy atom. The van der Waals surface area contributed by atoms with Gasteiger partial charge in [-0.15, -0.1) is 0 Å². The van der Waals surface area contributed by atoms with Crippen LogP contribution in [0.5, 0.6) is 0 Å². The summed E-state index contributed by atoms with van der Waals surface area (Å²) >= 11 is 0. The molecule has 186 valence electrons. The first-order valence-electron chi connectivity index (χ1n) is 12.0. The third kappa shape index (κ3) is 5.29. The Balaban J connectivity index is 1.65. The zero-order valence-electron chi connectivity index (χ0n) is 20.5. The lowest BCUT2D eigenvalue weighted by Gasteiger charge is -2.44. The van der Waals surface area contributed by atoms with Crippen LogP contribution in [0.4, 0.5) is 0 Å². The molecule has 4 rings (SSSR count). The smallest absolute Gasteiger partial charge is 0.261 e. The SMILES string of the molecule is CC(C)(C)[Si](OC[C@@H]1C[C@H](S(=O)(=O)c2ccccc2)C[C@@H](O)O1)(c1ccccc1)c1ccccc1. The van der Waals surface area contributed by atoms with Crippen molar-refractivity contribution in [3.05, 3.63) is 91.0 Å². The summed E-state index contributed by atoms with van der Waals surface area (Å²) in [5.41, 5.74) is 0. The van der Waals surface area contributed by atoms with Crippen LogP contribution in [0, 0.1) is 0 Å². The fourth-order valence-electron chi connectivity index (χ4n) is 5.09. The van der Waals surface area contributed by atoms with Gasteiger partial charge in [0.05, 0.1) is 22.9 Å². The van der Waals surface area contributed by atoms with Gasteiger partial charge in [0.15, 0.2) is 16.1 Å². The van der Waals surface area contributed by atoms with Crippen LogP contribution in [-0.4, -0.2) is 46.1 Å². The predicted octanol–water partition coefficient (Wildman–Crippen LogP) is 3.90. The monoisotopic (exact) mass is 510 g/mol. The molecule has 7 heteroatoms. The summed E-state index contributed by atoms with van der Waals surface area (Å²) in [5, 5.41) is 11.8. The number of ether oxygens (including phenoxy) is 1. The molecule has 1 aliphatic heterocycles. The Kier molecular flexibility index (Phi) is 7.64. The summed E-state index contributed by atoms with van der Waals surface area (Å²) in [7, 11) is -6.40. The summed E-state index contributed by atoms with van der Waals surface area (Å²) in [6.07, 6.45) is -1.37. The zero-order chi connectivity index (χ0) is 25.1. The van der Waals surface area contributed by atoms with Crippen LogP contribution < -0.4 is 10.4 Å². The van der Waals surface area contributed by atoms with E-state index in [4.69, 9.17) is 9.16 Å². The van der Waals surface area contributed by atoms with Crippen molar-refractivity contribution in [1.29, 1.82) is 0 Å². The standard InChI is InChI=1S/C28H34O5SSi/c1-28(2,3)35(25-15-9-5-10-16-25,26-17-11-6-12-18-26)32-21-22-19-24(20-27(29)33-22)34(30,31)23-13-7-4-8-14-23/h4-18,22,24,27,29H,19-21H2,1-3H3/t22-,24-,27-/m0/s1. The average Bonchev–Trinajstić information content (AvgIpc) is 2.85. The third-order valence-corrected chi connectivity index (χ3v) is 13.9. The van der Waals surface area contributed by atoms with Gasteiger partial charge in [-0.3, -0.25) is 0 Å². The number of hydrogen-bond donors (Lipinski definition) is 1. The van der Waals surface area contributed by atoms with Gasteiger partial charge in [-0.25, -0.2) is 8.42 Å². The van der Waals surface area contributed by atoms with Crippen LogP contribution in [0.2, 0.25) is 5.04 Å². The number of aliphatic hydroxyl groups excluding tert-OH is 1. The zero-order valence-corrected chi connectivity index (χ0v) is 22.3. The first-order valence-corrected chi connectivity index (χ1v) is 15.5. The Bertz CT molecular complexity index is 1150. The van der Waals surface area contributed by atoms with Crippen molar-refractivity contribution >= 4 is 28.5 Å². The largest absolute Gasteiger partial charge is 0.405 e. The molecule has 1 fully saturated rings. The minimum Gasteiger partial charge on any atom is -0.405 e. The van der Waals surface area contributed by atoms with E-state index in [9.17, 15) is 13.5 Å². The molecule has 0 bridgehead atoms. The number of rotatable bonds is 7. The molecule has 0 aromatic heterocycles. The maximum absolute atomic E-state index is 13.3. The van der Waals surface area contributed by atoms with Crippen LogP contribution in [-0.2, 0) is 19.0 Å². The Morgan fingerprint density at radius 3 is 1.83 bits per heavy atom. The molecule has 0 aliphatic carbocycles. The van der Waals surface area contributed by atoms with Crippen molar-refractivity contribution in [2.24, 2.45) is 0 Å². The molecule has 1 saturated heterocycles. The molecule has 0 spiro atoms. The first kappa shape index (κ1) is 25.8. The van der Waals surface area contributed by atoms with Gasteiger partial charge in [-0.2, -0.15) is 0 Å².